The maximum atomic E-state index is 13.3. The van der Waals surface area contributed by atoms with Crippen LogP contribution < -0.4 is 10.2 Å². The van der Waals surface area contributed by atoms with E-state index >= 15 is 0 Å². The van der Waals surface area contributed by atoms with Gasteiger partial charge in [0.05, 0.1) is 0 Å². The molecule has 5 nitrogen and oxygen atoms in total. The number of carbonyl (C=O) groups excluding carboxylic acids is 2. The summed E-state index contributed by atoms with van der Waals surface area (Å²) in [7, 11) is 0. The Labute approximate surface area is 184 Å². The molecule has 5 heteroatoms. The van der Waals surface area contributed by atoms with E-state index in [-0.39, 0.29) is 24.4 Å². The molecule has 162 valence electrons. The average Bonchev–Trinajstić information content (AvgIpc) is 3.14. The van der Waals surface area contributed by atoms with Crippen LogP contribution in [0.25, 0.3) is 10.9 Å². The molecule has 0 spiro atoms. The molecule has 0 atom stereocenters. The van der Waals surface area contributed by atoms with Crippen molar-refractivity contribution < 1.29 is 9.59 Å². The first kappa shape index (κ1) is 21.2. The van der Waals surface area contributed by atoms with Crippen LogP contribution in [0.3, 0.4) is 0 Å². The Balaban J connectivity index is 1.63. The number of aryl methyl sites for hydroxylation is 1. The van der Waals surface area contributed by atoms with Crippen LogP contribution in [0, 0.1) is 6.92 Å². The van der Waals surface area contributed by atoms with Crippen molar-refractivity contribution >= 4 is 28.4 Å². The molecule has 1 heterocycles. The Bertz CT molecular complexity index is 1080. The molecule has 0 radical (unpaired) electrons. The summed E-state index contributed by atoms with van der Waals surface area (Å²) in [5, 5.41) is 4.18. The van der Waals surface area contributed by atoms with E-state index in [0.29, 0.717) is 12.2 Å². The molecule has 4 rings (SSSR count). The van der Waals surface area contributed by atoms with Crippen molar-refractivity contribution in [1.82, 2.24) is 9.88 Å². The molecule has 0 aliphatic heterocycles. The summed E-state index contributed by atoms with van der Waals surface area (Å²) in [6, 6.07) is 18.0. The first-order valence-electron chi connectivity index (χ1n) is 11.3. The number of amides is 2. The minimum Gasteiger partial charge on any atom is -0.348 e. The second-order valence-electron chi connectivity index (χ2n) is 8.46. The number of para-hydroxylation sites is 1. The molecule has 0 unspecified atom stereocenters. The summed E-state index contributed by atoms with van der Waals surface area (Å²) in [5.41, 5.74) is 3.46. The SMILES string of the molecule is CCN(C(=O)Cn1c(C(=O)NC2CCCCC2)cc2ccccc21)c1cccc(C)c1. The average molecular weight is 418 g/mol. The van der Waals surface area contributed by atoms with Gasteiger partial charge in [0, 0.05) is 29.2 Å². The van der Waals surface area contributed by atoms with Crippen LogP contribution in [-0.2, 0) is 11.3 Å². The number of hydrogen-bond acceptors (Lipinski definition) is 2. The lowest BCUT2D eigenvalue weighted by Crippen LogP contribution is -2.38. The maximum absolute atomic E-state index is 13.3. The highest BCUT2D eigenvalue weighted by Gasteiger charge is 2.23. The first-order valence-corrected chi connectivity index (χ1v) is 11.3. The van der Waals surface area contributed by atoms with E-state index in [2.05, 4.69) is 5.32 Å². The highest BCUT2D eigenvalue weighted by atomic mass is 16.2. The van der Waals surface area contributed by atoms with Gasteiger partial charge >= 0.3 is 0 Å². The van der Waals surface area contributed by atoms with Crippen molar-refractivity contribution in [3.8, 4) is 0 Å². The largest absolute Gasteiger partial charge is 0.348 e. The lowest BCUT2D eigenvalue weighted by molar-refractivity contribution is -0.119. The quantitative estimate of drug-likeness (QED) is 0.609. The number of fused-ring (bicyclic) bond motifs is 1. The van der Waals surface area contributed by atoms with E-state index in [0.717, 1.165) is 47.8 Å². The molecule has 1 aromatic heterocycles. The Morgan fingerprint density at radius 1 is 1.03 bits per heavy atom. The molecule has 1 aliphatic carbocycles. The second-order valence-corrected chi connectivity index (χ2v) is 8.46. The van der Waals surface area contributed by atoms with E-state index in [1.807, 2.05) is 73.0 Å². The van der Waals surface area contributed by atoms with Crippen LogP contribution in [0.5, 0.6) is 0 Å². The summed E-state index contributed by atoms with van der Waals surface area (Å²) in [6.45, 7) is 4.70. The van der Waals surface area contributed by atoms with E-state index < -0.39 is 0 Å². The van der Waals surface area contributed by atoms with Crippen molar-refractivity contribution in [2.75, 3.05) is 11.4 Å². The molecule has 1 aliphatic rings. The molecular formula is C26H31N3O2. The number of benzene rings is 2. The lowest BCUT2D eigenvalue weighted by atomic mass is 9.95. The standard InChI is InChI=1S/C26H31N3O2/c1-3-28(22-14-9-10-19(2)16-22)25(30)18-29-23-15-8-7-11-20(23)17-24(29)26(31)27-21-12-5-4-6-13-21/h7-11,14-17,21H,3-6,12-13,18H2,1-2H3,(H,27,31). The summed E-state index contributed by atoms with van der Waals surface area (Å²) >= 11 is 0. The molecule has 0 bridgehead atoms. The number of carbonyl (C=O) groups is 2. The van der Waals surface area contributed by atoms with Crippen LogP contribution in [0.4, 0.5) is 5.69 Å². The third-order valence-corrected chi connectivity index (χ3v) is 6.21. The topological polar surface area (TPSA) is 54.3 Å². The van der Waals surface area contributed by atoms with Gasteiger partial charge in [-0.2, -0.15) is 0 Å². The fourth-order valence-electron chi connectivity index (χ4n) is 4.59. The van der Waals surface area contributed by atoms with E-state index in [1.54, 1.807) is 4.90 Å². The first-order chi connectivity index (χ1) is 15.1. The van der Waals surface area contributed by atoms with Crippen LogP contribution in [0.15, 0.2) is 54.6 Å². The Morgan fingerprint density at radius 3 is 2.55 bits per heavy atom. The summed E-state index contributed by atoms with van der Waals surface area (Å²) in [5.74, 6) is -0.115. The van der Waals surface area contributed by atoms with Crippen LogP contribution in [-0.4, -0.2) is 29.0 Å². The predicted octanol–water partition coefficient (Wildman–Crippen LogP) is 5.07. The molecule has 1 saturated carbocycles. The fourth-order valence-corrected chi connectivity index (χ4v) is 4.59. The van der Waals surface area contributed by atoms with Crippen LogP contribution >= 0.6 is 0 Å². The highest BCUT2D eigenvalue weighted by molar-refractivity contribution is 6.01. The van der Waals surface area contributed by atoms with Crippen molar-refractivity contribution in [2.24, 2.45) is 0 Å². The van der Waals surface area contributed by atoms with Gasteiger partial charge in [0.2, 0.25) is 5.91 Å². The molecule has 1 N–H and O–H groups in total. The van der Waals surface area contributed by atoms with Gasteiger partial charge in [0.15, 0.2) is 0 Å². The maximum Gasteiger partial charge on any atom is 0.268 e. The minimum atomic E-state index is -0.0884. The number of nitrogens with one attached hydrogen (secondary N) is 1. The molecule has 31 heavy (non-hydrogen) atoms. The van der Waals surface area contributed by atoms with Crippen LogP contribution in [0.2, 0.25) is 0 Å². The number of nitrogens with zero attached hydrogens (tertiary/aromatic N) is 2. The predicted molar refractivity (Wildman–Crippen MR) is 125 cm³/mol. The zero-order chi connectivity index (χ0) is 21.8. The second kappa shape index (κ2) is 9.38. The summed E-state index contributed by atoms with van der Waals surface area (Å²) < 4.78 is 1.87. The van der Waals surface area contributed by atoms with Crippen molar-refractivity contribution in [3.63, 3.8) is 0 Å². The number of hydrogen-bond donors (Lipinski definition) is 1. The monoisotopic (exact) mass is 417 g/mol. The lowest BCUT2D eigenvalue weighted by Gasteiger charge is -2.24. The smallest absolute Gasteiger partial charge is 0.268 e. The van der Waals surface area contributed by atoms with E-state index in [1.165, 1.54) is 6.42 Å². The van der Waals surface area contributed by atoms with Crippen molar-refractivity contribution in [3.05, 3.63) is 65.9 Å². The summed E-state index contributed by atoms with van der Waals surface area (Å²) in [4.78, 5) is 28.3. The van der Waals surface area contributed by atoms with E-state index in [9.17, 15) is 9.59 Å². The third-order valence-electron chi connectivity index (χ3n) is 6.21. The van der Waals surface area contributed by atoms with Gasteiger partial charge in [0.1, 0.15) is 12.2 Å². The molecule has 3 aromatic rings. The van der Waals surface area contributed by atoms with Gasteiger partial charge < -0.3 is 14.8 Å². The van der Waals surface area contributed by atoms with Gasteiger partial charge in [0.25, 0.3) is 5.91 Å². The highest BCUT2D eigenvalue weighted by Crippen LogP contribution is 2.23. The zero-order valence-corrected chi connectivity index (χ0v) is 18.4. The molecule has 0 saturated heterocycles. The van der Waals surface area contributed by atoms with Gasteiger partial charge in [-0.05, 0) is 56.5 Å². The van der Waals surface area contributed by atoms with Crippen LogP contribution in [0.1, 0.15) is 55.1 Å². The fraction of sp³-hybridized carbons (Fsp3) is 0.385. The van der Waals surface area contributed by atoms with Gasteiger partial charge in [-0.3, -0.25) is 9.59 Å². The van der Waals surface area contributed by atoms with Gasteiger partial charge in [-0.1, -0.05) is 49.6 Å². The molecule has 2 aromatic carbocycles. The number of aromatic nitrogens is 1. The molecule has 1 fully saturated rings. The van der Waals surface area contributed by atoms with Gasteiger partial charge in [-0.15, -0.1) is 0 Å². The normalized spacial score (nSPS) is 14.5. The third kappa shape index (κ3) is 4.66. The molecule has 2 amide bonds. The summed E-state index contributed by atoms with van der Waals surface area (Å²) in [6.07, 6.45) is 5.62. The molecular weight excluding hydrogens is 386 g/mol. The van der Waals surface area contributed by atoms with Gasteiger partial charge in [-0.25, -0.2) is 0 Å². The van der Waals surface area contributed by atoms with Crippen molar-refractivity contribution in [2.45, 2.75) is 58.5 Å². The Morgan fingerprint density at radius 2 is 1.81 bits per heavy atom. The number of likely N-dealkylation sites (N-methyl/N-ethyl adjacent to an activating group) is 1. The number of anilines is 1. The zero-order valence-electron chi connectivity index (χ0n) is 18.4. The Hall–Kier alpha value is -3.08. The minimum absolute atomic E-state index is 0.0267. The number of rotatable bonds is 6. The Kier molecular flexibility index (Phi) is 6.40. The van der Waals surface area contributed by atoms with Crippen molar-refractivity contribution in [1.29, 1.82) is 0 Å². The van der Waals surface area contributed by atoms with E-state index in [4.69, 9.17) is 0 Å².